The van der Waals surface area contributed by atoms with E-state index in [1.54, 1.807) is 0 Å². The van der Waals surface area contributed by atoms with Crippen LogP contribution in [0.2, 0.25) is 0 Å². The number of nitrogens with one attached hydrogen (secondary N) is 1. The van der Waals surface area contributed by atoms with E-state index in [1.807, 2.05) is 0 Å². The minimum atomic E-state index is 0.121. The highest BCUT2D eigenvalue weighted by atomic mass is 16.5. The van der Waals surface area contributed by atoms with Crippen molar-refractivity contribution in [3.8, 4) is 5.75 Å². The van der Waals surface area contributed by atoms with Crippen molar-refractivity contribution in [2.75, 3.05) is 6.54 Å². The molecule has 2 fully saturated rings. The molecule has 2 nitrogen and oxygen atoms in total. The fourth-order valence-electron chi connectivity index (χ4n) is 2.81. The van der Waals surface area contributed by atoms with Gasteiger partial charge in [0.1, 0.15) is 11.4 Å². The van der Waals surface area contributed by atoms with Crippen LogP contribution in [0.4, 0.5) is 0 Å². The molecular weight excluding hydrogens is 234 g/mol. The zero-order valence-corrected chi connectivity index (χ0v) is 12.0. The van der Waals surface area contributed by atoms with Crippen LogP contribution in [0.5, 0.6) is 5.75 Å². The molecule has 0 aliphatic heterocycles. The molecular formula is C17H25NO. The summed E-state index contributed by atoms with van der Waals surface area (Å²) in [7, 11) is 0. The molecule has 0 aromatic heterocycles. The maximum absolute atomic E-state index is 6.30. The Morgan fingerprint density at radius 3 is 2.47 bits per heavy atom. The van der Waals surface area contributed by atoms with Gasteiger partial charge in [0.05, 0.1) is 0 Å². The third kappa shape index (κ3) is 3.30. The van der Waals surface area contributed by atoms with Crippen LogP contribution < -0.4 is 10.1 Å². The molecule has 0 radical (unpaired) electrons. The molecule has 0 amide bonds. The molecule has 1 aromatic rings. The topological polar surface area (TPSA) is 21.3 Å². The number of ether oxygens (including phenoxy) is 1. The molecule has 0 atom stereocenters. The van der Waals surface area contributed by atoms with Crippen molar-refractivity contribution in [1.29, 1.82) is 0 Å². The Balaban J connectivity index is 1.54. The number of hydrogen-bond acceptors (Lipinski definition) is 2. The largest absolute Gasteiger partial charge is 0.487 e. The lowest BCUT2D eigenvalue weighted by atomic mass is 9.77. The van der Waals surface area contributed by atoms with Gasteiger partial charge in [-0.15, -0.1) is 0 Å². The minimum Gasteiger partial charge on any atom is -0.487 e. The van der Waals surface area contributed by atoms with Gasteiger partial charge in [-0.05, 0) is 69.2 Å². The van der Waals surface area contributed by atoms with Crippen LogP contribution in [-0.4, -0.2) is 18.2 Å². The van der Waals surface area contributed by atoms with Crippen molar-refractivity contribution >= 4 is 0 Å². The molecule has 2 heteroatoms. The Kier molecular flexibility index (Phi) is 3.79. The average molecular weight is 259 g/mol. The van der Waals surface area contributed by atoms with Crippen molar-refractivity contribution in [2.45, 2.75) is 63.5 Å². The van der Waals surface area contributed by atoms with Crippen molar-refractivity contribution in [3.05, 3.63) is 29.8 Å². The fraction of sp³-hybridized carbons (Fsp3) is 0.647. The van der Waals surface area contributed by atoms with Crippen LogP contribution in [0.25, 0.3) is 0 Å². The van der Waals surface area contributed by atoms with Crippen molar-refractivity contribution in [3.63, 3.8) is 0 Å². The molecule has 2 aliphatic carbocycles. The van der Waals surface area contributed by atoms with E-state index >= 15 is 0 Å². The third-order valence-electron chi connectivity index (χ3n) is 4.52. The lowest BCUT2D eigenvalue weighted by Gasteiger charge is -2.42. The maximum atomic E-state index is 6.30. The highest BCUT2D eigenvalue weighted by Crippen LogP contribution is 2.39. The summed E-state index contributed by atoms with van der Waals surface area (Å²) in [4.78, 5) is 0. The van der Waals surface area contributed by atoms with Crippen LogP contribution >= 0.6 is 0 Å². The maximum Gasteiger partial charge on any atom is 0.120 e. The van der Waals surface area contributed by atoms with Crippen LogP contribution in [0, 0.1) is 0 Å². The van der Waals surface area contributed by atoms with E-state index in [9.17, 15) is 0 Å². The number of rotatable bonds is 7. The Hall–Kier alpha value is -1.02. The van der Waals surface area contributed by atoms with Crippen LogP contribution in [-0.2, 0) is 6.42 Å². The van der Waals surface area contributed by atoms with E-state index in [4.69, 9.17) is 4.74 Å². The second-order valence-electron chi connectivity index (χ2n) is 6.11. The second kappa shape index (κ2) is 5.54. The van der Waals surface area contributed by atoms with Gasteiger partial charge in [-0.2, -0.15) is 0 Å². The van der Waals surface area contributed by atoms with E-state index in [-0.39, 0.29) is 5.60 Å². The van der Waals surface area contributed by atoms with Crippen molar-refractivity contribution in [1.82, 2.24) is 5.32 Å². The molecule has 0 saturated heterocycles. The van der Waals surface area contributed by atoms with E-state index in [2.05, 4.69) is 36.5 Å². The Morgan fingerprint density at radius 2 is 1.95 bits per heavy atom. The molecule has 1 aromatic carbocycles. The third-order valence-corrected chi connectivity index (χ3v) is 4.52. The first-order valence-corrected chi connectivity index (χ1v) is 7.81. The predicted octanol–water partition coefficient (Wildman–Crippen LogP) is 3.69. The van der Waals surface area contributed by atoms with Crippen molar-refractivity contribution in [2.24, 2.45) is 0 Å². The van der Waals surface area contributed by atoms with E-state index in [0.29, 0.717) is 0 Å². The Morgan fingerprint density at radius 1 is 1.21 bits per heavy atom. The van der Waals surface area contributed by atoms with Crippen molar-refractivity contribution < 1.29 is 4.74 Å². The van der Waals surface area contributed by atoms with Gasteiger partial charge in [-0.3, -0.25) is 0 Å². The quantitative estimate of drug-likeness (QED) is 0.806. The lowest BCUT2D eigenvalue weighted by molar-refractivity contribution is -0.0143. The average Bonchev–Trinajstić information content (AvgIpc) is 3.20. The van der Waals surface area contributed by atoms with Crippen LogP contribution in [0.1, 0.15) is 51.0 Å². The summed E-state index contributed by atoms with van der Waals surface area (Å²) in [6, 6.07) is 9.44. The predicted molar refractivity (Wildman–Crippen MR) is 78.7 cm³/mol. The van der Waals surface area contributed by atoms with E-state index in [0.717, 1.165) is 31.2 Å². The summed E-state index contributed by atoms with van der Waals surface area (Å²) < 4.78 is 6.30. The molecule has 2 saturated carbocycles. The van der Waals surface area contributed by atoms with E-state index in [1.165, 1.54) is 37.7 Å². The summed E-state index contributed by atoms with van der Waals surface area (Å²) in [6.45, 7) is 3.30. The SMILES string of the molecule is CCc1ccc(OC2(CCNC3CC3)CCC2)cc1. The number of hydrogen-bond donors (Lipinski definition) is 1. The van der Waals surface area contributed by atoms with Gasteiger partial charge in [-0.1, -0.05) is 19.1 Å². The van der Waals surface area contributed by atoms with Gasteiger partial charge >= 0.3 is 0 Å². The molecule has 104 valence electrons. The first-order chi connectivity index (χ1) is 9.30. The smallest absolute Gasteiger partial charge is 0.120 e. The summed E-state index contributed by atoms with van der Waals surface area (Å²) in [5, 5.41) is 3.60. The van der Waals surface area contributed by atoms with E-state index < -0.39 is 0 Å². The number of aryl methyl sites for hydroxylation is 1. The standard InChI is InChI=1S/C17H25NO/c1-2-14-4-8-16(9-5-14)19-17(10-3-11-17)12-13-18-15-6-7-15/h4-5,8-9,15,18H,2-3,6-7,10-13H2,1H3. The van der Waals surface area contributed by atoms with Gasteiger partial charge in [0.25, 0.3) is 0 Å². The van der Waals surface area contributed by atoms with Gasteiger partial charge in [0.2, 0.25) is 0 Å². The molecule has 2 aliphatic rings. The van der Waals surface area contributed by atoms with Crippen LogP contribution in [0.15, 0.2) is 24.3 Å². The zero-order valence-electron chi connectivity index (χ0n) is 12.0. The first-order valence-electron chi connectivity index (χ1n) is 7.81. The second-order valence-corrected chi connectivity index (χ2v) is 6.11. The monoisotopic (exact) mass is 259 g/mol. The van der Waals surface area contributed by atoms with Gasteiger partial charge in [0.15, 0.2) is 0 Å². The lowest BCUT2D eigenvalue weighted by Crippen LogP contribution is -2.45. The van der Waals surface area contributed by atoms with Gasteiger partial charge in [0, 0.05) is 6.04 Å². The normalized spacial score (nSPS) is 20.9. The first kappa shape index (κ1) is 13.0. The molecule has 0 spiro atoms. The number of benzene rings is 1. The molecule has 1 N–H and O–H groups in total. The van der Waals surface area contributed by atoms with Gasteiger partial charge in [-0.25, -0.2) is 0 Å². The summed E-state index contributed by atoms with van der Waals surface area (Å²) in [5.41, 5.74) is 1.50. The highest BCUT2D eigenvalue weighted by molar-refractivity contribution is 5.28. The zero-order chi connectivity index (χ0) is 13.1. The minimum absolute atomic E-state index is 0.121. The molecule has 19 heavy (non-hydrogen) atoms. The molecule has 0 heterocycles. The summed E-state index contributed by atoms with van der Waals surface area (Å²) in [5.74, 6) is 1.04. The van der Waals surface area contributed by atoms with Gasteiger partial charge < -0.3 is 10.1 Å². The summed E-state index contributed by atoms with van der Waals surface area (Å²) >= 11 is 0. The molecule has 3 rings (SSSR count). The highest BCUT2D eigenvalue weighted by Gasteiger charge is 2.39. The fourth-order valence-corrected chi connectivity index (χ4v) is 2.81. The molecule has 0 bridgehead atoms. The Labute approximate surface area is 116 Å². The molecule has 0 unspecified atom stereocenters. The summed E-state index contributed by atoms with van der Waals surface area (Å²) in [6.07, 6.45) is 8.73. The Bertz CT molecular complexity index is 404. The van der Waals surface area contributed by atoms with Crippen LogP contribution in [0.3, 0.4) is 0 Å².